The highest BCUT2D eigenvalue weighted by Crippen LogP contribution is 2.13. The molecular weight excluding hydrogens is 294 g/mol. The van der Waals surface area contributed by atoms with E-state index >= 15 is 0 Å². The van der Waals surface area contributed by atoms with Gasteiger partial charge in [0.15, 0.2) is 17.4 Å². The quantitative estimate of drug-likeness (QED) is 0.806. The van der Waals surface area contributed by atoms with Crippen LogP contribution >= 0.6 is 0 Å². The zero-order valence-electron chi connectivity index (χ0n) is 11.6. The van der Waals surface area contributed by atoms with E-state index in [0.29, 0.717) is 13.0 Å². The number of anilines is 1. The lowest BCUT2D eigenvalue weighted by atomic mass is 10.2. The lowest BCUT2D eigenvalue weighted by Gasteiger charge is -2.06. The lowest BCUT2D eigenvalue weighted by molar-refractivity contribution is -0.116. The van der Waals surface area contributed by atoms with Crippen LogP contribution in [0.15, 0.2) is 41.0 Å². The fourth-order valence-corrected chi connectivity index (χ4v) is 1.74. The second kappa shape index (κ2) is 7.35. The van der Waals surface area contributed by atoms with Crippen molar-refractivity contribution in [2.24, 2.45) is 0 Å². The van der Waals surface area contributed by atoms with E-state index < -0.39 is 11.6 Å². The molecule has 2 amide bonds. The second-order valence-electron chi connectivity index (χ2n) is 4.51. The Morgan fingerprint density at radius 2 is 1.95 bits per heavy atom. The highest BCUT2D eigenvalue weighted by molar-refractivity contribution is 5.92. The van der Waals surface area contributed by atoms with Gasteiger partial charge in [0, 0.05) is 24.7 Å². The molecule has 0 radical (unpaired) electrons. The maximum absolute atomic E-state index is 13.0. The van der Waals surface area contributed by atoms with Crippen molar-refractivity contribution in [3.05, 3.63) is 54.0 Å². The highest BCUT2D eigenvalue weighted by Gasteiger charge is 2.09. The van der Waals surface area contributed by atoms with E-state index in [2.05, 4.69) is 10.6 Å². The molecule has 0 bridgehead atoms. The summed E-state index contributed by atoms with van der Waals surface area (Å²) in [5, 5.41) is 5.05. The molecule has 1 aromatic carbocycles. The summed E-state index contributed by atoms with van der Waals surface area (Å²) in [6.07, 6.45) is 1.93. The average Bonchev–Trinajstić information content (AvgIpc) is 3.01. The second-order valence-corrected chi connectivity index (χ2v) is 4.51. The highest BCUT2D eigenvalue weighted by atomic mass is 19.2. The first-order valence-electron chi connectivity index (χ1n) is 6.63. The van der Waals surface area contributed by atoms with Gasteiger partial charge in [-0.1, -0.05) is 0 Å². The Morgan fingerprint density at radius 3 is 2.64 bits per heavy atom. The summed E-state index contributed by atoms with van der Waals surface area (Å²) in [7, 11) is 0. The van der Waals surface area contributed by atoms with Crippen molar-refractivity contribution in [1.82, 2.24) is 5.32 Å². The molecule has 0 unspecified atom stereocenters. The van der Waals surface area contributed by atoms with Crippen LogP contribution in [-0.4, -0.2) is 18.4 Å². The van der Waals surface area contributed by atoms with Crippen LogP contribution in [0, 0.1) is 11.6 Å². The van der Waals surface area contributed by atoms with Crippen LogP contribution in [-0.2, 0) is 4.79 Å². The third kappa shape index (κ3) is 4.41. The Balaban J connectivity index is 1.69. The van der Waals surface area contributed by atoms with Gasteiger partial charge in [-0.15, -0.1) is 0 Å². The molecule has 2 rings (SSSR count). The number of carbonyl (C=O) groups is 2. The number of hydrogen-bond acceptors (Lipinski definition) is 3. The van der Waals surface area contributed by atoms with E-state index in [9.17, 15) is 18.4 Å². The van der Waals surface area contributed by atoms with Crippen LogP contribution in [0.2, 0.25) is 0 Å². The van der Waals surface area contributed by atoms with Gasteiger partial charge in [0.05, 0.1) is 6.26 Å². The van der Waals surface area contributed by atoms with Crippen molar-refractivity contribution in [2.45, 2.75) is 12.8 Å². The number of hydrogen-bond donors (Lipinski definition) is 2. The van der Waals surface area contributed by atoms with E-state index in [4.69, 9.17) is 4.42 Å². The zero-order valence-corrected chi connectivity index (χ0v) is 11.6. The number of nitrogens with one attached hydrogen (secondary N) is 2. The van der Waals surface area contributed by atoms with Crippen molar-refractivity contribution < 1.29 is 22.8 Å². The standard InChI is InChI=1S/C15H14F2N2O3/c16-11-6-5-10(9-12(11)17)19-14(20)4-1-7-18-15(21)13-3-2-8-22-13/h2-3,5-6,8-9H,1,4,7H2,(H,18,21)(H,19,20). The van der Waals surface area contributed by atoms with Gasteiger partial charge in [-0.05, 0) is 30.7 Å². The predicted molar refractivity (Wildman–Crippen MR) is 75.3 cm³/mol. The molecule has 1 aromatic heterocycles. The van der Waals surface area contributed by atoms with Crippen molar-refractivity contribution in [3.63, 3.8) is 0 Å². The number of carbonyl (C=O) groups excluding carboxylic acids is 2. The Bertz CT molecular complexity index is 657. The van der Waals surface area contributed by atoms with Crippen LogP contribution in [0.1, 0.15) is 23.4 Å². The SMILES string of the molecule is O=C(CCCNC(=O)c1ccco1)Nc1ccc(F)c(F)c1. The minimum atomic E-state index is -1.02. The van der Waals surface area contributed by atoms with E-state index in [1.165, 1.54) is 18.4 Å². The third-order valence-corrected chi connectivity index (χ3v) is 2.81. The first-order valence-corrected chi connectivity index (χ1v) is 6.63. The first kappa shape index (κ1) is 15.7. The van der Waals surface area contributed by atoms with Crippen molar-refractivity contribution >= 4 is 17.5 Å². The molecule has 116 valence electrons. The predicted octanol–water partition coefficient (Wildman–Crippen LogP) is 2.71. The summed E-state index contributed by atoms with van der Waals surface area (Å²) in [6.45, 7) is 0.296. The van der Waals surface area contributed by atoms with Crippen LogP contribution in [0.25, 0.3) is 0 Å². The maximum atomic E-state index is 13.0. The van der Waals surface area contributed by atoms with Crippen molar-refractivity contribution in [2.75, 3.05) is 11.9 Å². The van der Waals surface area contributed by atoms with Gasteiger partial charge in [0.2, 0.25) is 5.91 Å². The van der Waals surface area contributed by atoms with Crippen LogP contribution < -0.4 is 10.6 Å². The van der Waals surface area contributed by atoms with E-state index in [0.717, 1.165) is 12.1 Å². The molecule has 2 aromatic rings. The molecule has 0 aliphatic carbocycles. The summed E-state index contributed by atoms with van der Waals surface area (Å²) < 4.78 is 30.6. The van der Waals surface area contributed by atoms with Gasteiger partial charge >= 0.3 is 0 Å². The molecule has 1 heterocycles. The first-order chi connectivity index (χ1) is 10.6. The average molecular weight is 308 g/mol. The summed E-state index contributed by atoms with van der Waals surface area (Å²) >= 11 is 0. The molecular formula is C15H14F2N2O3. The molecule has 0 saturated carbocycles. The molecule has 0 spiro atoms. The molecule has 0 saturated heterocycles. The number of amides is 2. The Hall–Kier alpha value is -2.70. The number of rotatable bonds is 6. The fraction of sp³-hybridized carbons (Fsp3) is 0.200. The summed E-state index contributed by atoms with van der Waals surface area (Å²) in [5.74, 6) is -2.50. The fourth-order valence-electron chi connectivity index (χ4n) is 1.74. The van der Waals surface area contributed by atoms with E-state index in [1.54, 1.807) is 6.07 Å². The largest absolute Gasteiger partial charge is 0.459 e. The normalized spacial score (nSPS) is 10.3. The van der Waals surface area contributed by atoms with Crippen LogP contribution in [0.4, 0.5) is 14.5 Å². The monoisotopic (exact) mass is 308 g/mol. The molecule has 0 atom stereocenters. The van der Waals surface area contributed by atoms with Gasteiger partial charge in [-0.25, -0.2) is 8.78 Å². The van der Waals surface area contributed by atoms with E-state index in [-0.39, 0.29) is 29.7 Å². The summed E-state index contributed by atoms with van der Waals surface area (Å²) in [5.41, 5.74) is 0.184. The molecule has 0 fully saturated rings. The lowest BCUT2D eigenvalue weighted by Crippen LogP contribution is -2.25. The number of halogens is 2. The smallest absolute Gasteiger partial charge is 0.286 e. The van der Waals surface area contributed by atoms with Crippen LogP contribution in [0.3, 0.4) is 0 Å². The Labute approximate surface area is 125 Å². The Kier molecular flexibility index (Phi) is 5.24. The summed E-state index contributed by atoms with van der Waals surface area (Å²) in [6, 6.07) is 6.25. The van der Waals surface area contributed by atoms with Gasteiger partial charge < -0.3 is 15.1 Å². The zero-order chi connectivity index (χ0) is 15.9. The van der Waals surface area contributed by atoms with Gasteiger partial charge in [-0.2, -0.15) is 0 Å². The molecule has 22 heavy (non-hydrogen) atoms. The molecule has 7 heteroatoms. The minimum Gasteiger partial charge on any atom is -0.459 e. The topological polar surface area (TPSA) is 71.3 Å². The van der Waals surface area contributed by atoms with Crippen LogP contribution in [0.5, 0.6) is 0 Å². The summed E-state index contributed by atoms with van der Waals surface area (Å²) in [4.78, 5) is 23.2. The molecule has 2 N–H and O–H groups in total. The number of benzene rings is 1. The van der Waals surface area contributed by atoms with Gasteiger partial charge in [-0.3, -0.25) is 9.59 Å². The molecule has 0 aliphatic rings. The molecule has 0 aliphatic heterocycles. The third-order valence-electron chi connectivity index (χ3n) is 2.81. The van der Waals surface area contributed by atoms with Gasteiger partial charge in [0.25, 0.3) is 5.91 Å². The van der Waals surface area contributed by atoms with Gasteiger partial charge in [0.1, 0.15) is 0 Å². The van der Waals surface area contributed by atoms with Crippen molar-refractivity contribution in [3.8, 4) is 0 Å². The Morgan fingerprint density at radius 1 is 1.14 bits per heavy atom. The maximum Gasteiger partial charge on any atom is 0.286 e. The number of furan rings is 1. The van der Waals surface area contributed by atoms with Crippen molar-refractivity contribution in [1.29, 1.82) is 0 Å². The molecule has 5 nitrogen and oxygen atoms in total. The van der Waals surface area contributed by atoms with E-state index in [1.807, 2.05) is 0 Å². The minimum absolute atomic E-state index is 0.136.